The third-order valence-corrected chi connectivity index (χ3v) is 4.99. The Hall–Kier alpha value is -3.19. The Morgan fingerprint density at radius 2 is 2.00 bits per heavy atom. The van der Waals surface area contributed by atoms with Gasteiger partial charge in [-0.3, -0.25) is 4.79 Å². The minimum absolute atomic E-state index is 0.0199. The highest BCUT2D eigenvalue weighted by atomic mass is 16.5. The monoisotopic (exact) mass is 407 g/mol. The summed E-state index contributed by atoms with van der Waals surface area (Å²) in [4.78, 5) is 18.4. The first-order valence-corrected chi connectivity index (χ1v) is 10.1. The molecule has 1 fully saturated rings. The number of nitrogens with zero attached hydrogens (tertiary/aromatic N) is 3. The fourth-order valence-electron chi connectivity index (χ4n) is 3.26. The maximum absolute atomic E-state index is 12.2. The molecule has 0 saturated carbocycles. The Morgan fingerprint density at radius 1 is 1.17 bits per heavy atom. The topological polar surface area (TPSA) is 77.7 Å². The maximum atomic E-state index is 12.2. The number of hydrogen-bond acceptors (Lipinski definition) is 6. The van der Waals surface area contributed by atoms with Crippen molar-refractivity contribution in [2.75, 3.05) is 26.3 Å². The molecule has 0 atom stereocenters. The van der Waals surface area contributed by atoms with Gasteiger partial charge < -0.3 is 18.9 Å². The largest absolute Gasteiger partial charge is 0.493 e. The van der Waals surface area contributed by atoms with Gasteiger partial charge in [-0.2, -0.15) is 4.98 Å². The zero-order chi connectivity index (χ0) is 20.8. The molecule has 0 radical (unpaired) electrons. The Kier molecular flexibility index (Phi) is 6.39. The molecule has 7 nitrogen and oxygen atoms in total. The third kappa shape index (κ3) is 5.24. The van der Waals surface area contributed by atoms with Crippen molar-refractivity contribution in [1.82, 2.24) is 15.0 Å². The number of hydrogen-bond donors (Lipinski definition) is 0. The number of rotatable bonds is 9. The van der Waals surface area contributed by atoms with Gasteiger partial charge in [0.1, 0.15) is 12.4 Å². The fraction of sp³-hybridized carbons (Fsp3) is 0.348. The molecule has 0 spiro atoms. The van der Waals surface area contributed by atoms with Gasteiger partial charge in [-0.15, -0.1) is 0 Å². The van der Waals surface area contributed by atoms with Gasteiger partial charge in [0.05, 0.1) is 19.1 Å². The Balaban J connectivity index is 1.16. The fourth-order valence-corrected chi connectivity index (χ4v) is 3.26. The molecule has 3 aromatic rings. The number of amides is 1. The first-order chi connectivity index (χ1) is 14.7. The van der Waals surface area contributed by atoms with Crippen LogP contribution in [0, 0.1) is 6.92 Å². The predicted octanol–water partition coefficient (Wildman–Crippen LogP) is 3.14. The molecule has 30 heavy (non-hydrogen) atoms. The molecule has 0 unspecified atom stereocenters. The summed E-state index contributed by atoms with van der Waals surface area (Å²) in [6.45, 7) is 4.18. The summed E-state index contributed by atoms with van der Waals surface area (Å²) in [5.41, 5.74) is 2.21. The van der Waals surface area contributed by atoms with Crippen molar-refractivity contribution in [1.29, 1.82) is 0 Å². The smallest absolute Gasteiger partial charge is 0.248 e. The van der Waals surface area contributed by atoms with Crippen LogP contribution in [0.2, 0.25) is 0 Å². The van der Waals surface area contributed by atoms with Gasteiger partial charge in [-0.25, -0.2) is 0 Å². The van der Waals surface area contributed by atoms with Gasteiger partial charge in [-0.1, -0.05) is 47.6 Å². The van der Waals surface area contributed by atoms with Gasteiger partial charge in [-0.05, 0) is 30.2 Å². The van der Waals surface area contributed by atoms with Crippen molar-refractivity contribution in [3.05, 3.63) is 77.4 Å². The van der Waals surface area contributed by atoms with E-state index in [9.17, 15) is 4.79 Å². The molecule has 0 bridgehead atoms. The lowest BCUT2D eigenvalue weighted by Gasteiger charge is -2.36. The molecule has 1 aliphatic heterocycles. The normalized spacial score (nSPS) is 13.8. The van der Waals surface area contributed by atoms with Crippen molar-refractivity contribution in [3.63, 3.8) is 0 Å². The van der Waals surface area contributed by atoms with Crippen LogP contribution in [-0.4, -0.2) is 47.3 Å². The molecular formula is C23H25N3O4. The average Bonchev–Trinajstić information content (AvgIpc) is 3.16. The molecule has 4 rings (SSSR count). The molecule has 2 heterocycles. The number of carbonyl (C=O) groups excluding carboxylic acids is 1. The second-order valence-corrected chi connectivity index (χ2v) is 7.44. The molecule has 1 aromatic heterocycles. The molecule has 156 valence electrons. The summed E-state index contributed by atoms with van der Waals surface area (Å²) in [5, 5.41) is 4.03. The number of likely N-dealkylation sites (tertiary alicyclic amines) is 1. The number of carbonyl (C=O) groups is 1. The lowest BCUT2D eigenvalue weighted by molar-refractivity contribution is -0.141. The van der Waals surface area contributed by atoms with Crippen LogP contribution in [0.5, 0.6) is 5.75 Å². The van der Waals surface area contributed by atoms with E-state index in [0.29, 0.717) is 44.4 Å². The zero-order valence-corrected chi connectivity index (χ0v) is 17.0. The lowest BCUT2D eigenvalue weighted by atomic mass is 10.0. The van der Waals surface area contributed by atoms with Crippen molar-refractivity contribution in [2.45, 2.75) is 25.9 Å². The predicted molar refractivity (Wildman–Crippen MR) is 110 cm³/mol. The number of aromatic nitrogens is 2. The van der Waals surface area contributed by atoms with Gasteiger partial charge in [0.25, 0.3) is 0 Å². The summed E-state index contributed by atoms with van der Waals surface area (Å²) in [5.74, 6) is 2.10. The Morgan fingerprint density at radius 3 is 2.80 bits per heavy atom. The van der Waals surface area contributed by atoms with Crippen LogP contribution in [0.15, 0.2) is 59.1 Å². The second-order valence-electron chi connectivity index (χ2n) is 7.44. The summed E-state index contributed by atoms with van der Waals surface area (Å²) < 4.78 is 16.6. The molecule has 7 heteroatoms. The molecule has 1 saturated heterocycles. The van der Waals surface area contributed by atoms with Crippen LogP contribution in [0.1, 0.15) is 28.8 Å². The highest BCUT2D eigenvalue weighted by Crippen LogP contribution is 2.26. The van der Waals surface area contributed by atoms with Crippen molar-refractivity contribution in [3.8, 4) is 5.75 Å². The number of ether oxygens (including phenoxy) is 2. The number of aryl methyl sites for hydroxylation is 1. The quantitative estimate of drug-likeness (QED) is 0.542. The first kappa shape index (κ1) is 20.1. The van der Waals surface area contributed by atoms with Crippen molar-refractivity contribution >= 4 is 5.91 Å². The summed E-state index contributed by atoms with van der Waals surface area (Å²) in [6, 6.07) is 17.7. The lowest BCUT2D eigenvalue weighted by Crippen LogP contribution is -2.49. The van der Waals surface area contributed by atoms with Gasteiger partial charge in [0, 0.05) is 19.5 Å². The highest BCUT2D eigenvalue weighted by molar-refractivity contribution is 5.78. The van der Waals surface area contributed by atoms with Gasteiger partial charge >= 0.3 is 0 Å². The third-order valence-electron chi connectivity index (χ3n) is 4.99. The van der Waals surface area contributed by atoms with Crippen molar-refractivity contribution in [2.24, 2.45) is 0 Å². The van der Waals surface area contributed by atoms with E-state index in [0.717, 1.165) is 16.9 Å². The van der Waals surface area contributed by atoms with Crippen LogP contribution in [0.3, 0.4) is 0 Å². The molecule has 0 N–H and O–H groups in total. The van der Waals surface area contributed by atoms with Crippen LogP contribution >= 0.6 is 0 Å². The summed E-state index contributed by atoms with van der Waals surface area (Å²) in [6.07, 6.45) is 0.570. The van der Waals surface area contributed by atoms with E-state index in [2.05, 4.69) is 10.1 Å². The molecule has 1 aliphatic rings. The van der Waals surface area contributed by atoms with Crippen LogP contribution in [0.25, 0.3) is 0 Å². The Bertz CT molecular complexity index is 967. The van der Waals surface area contributed by atoms with Crippen LogP contribution < -0.4 is 4.74 Å². The van der Waals surface area contributed by atoms with E-state index >= 15 is 0 Å². The van der Waals surface area contributed by atoms with Crippen LogP contribution in [0.4, 0.5) is 0 Å². The molecule has 2 aromatic carbocycles. The minimum Gasteiger partial charge on any atom is -0.493 e. The van der Waals surface area contributed by atoms with Crippen molar-refractivity contribution < 1.29 is 18.8 Å². The standard InChI is InChI=1S/C23H25N3O4/c1-17-6-5-9-20(12-17)29-11-10-21-24-23(30-25-21)19-13-26(14-19)22(27)16-28-15-18-7-3-2-4-8-18/h2-9,12,19H,10-11,13-16H2,1H3. The molecular weight excluding hydrogens is 382 g/mol. The van der Waals surface area contributed by atoms with E-state index in [4.69, 9.17) is 14.0 Å². The first-order valence-electron chi connectivity index (χ1n) is 10.1. The second kappa shape index (κ2) is 9.54. The van der Waals surface area contributed by atoms with E-state index in [-0.39, 0.29) is 18.4 Å². The minimum atomic E-state index is -0.0199. The van der Waals surface area contributed by atoms with E-state index in [1.807, 2.05) is 61.5 Å². The average molecular weight is 407 g/mol. The Labute approximate surface area is 175 Å². The SMILES string of the molecule is Cc1cccc(OCCc2noc(C3CN(C(=O)COCc4ccccc4)C3)n2)c1. The van der Waals surface area contributed by atoms with Gasteiger partial charge in [0.15, 0.2) is 5.82 Å². The summed E-state index contributed by atoms with van der Waals surface area (Å²) >= 11 is 0. The molecule has 0 aliphatic carbocycles. The maximum Gasteiger partial charge on any atom is 0.248 e. The number of benzene rings is 2. The zero-order valence-electron chi connectivity index (χ0n) is 17.0. The van der Waals surface area contributed by atoms with E-state index in [1.165, 1.54) is 0 Å². The molecule has 1 amide bonds. The van der Waals surface area contributed by atoms with Gasteiger partial charge in [0.2, 0.25) is 11.8 Å². The van der Waals surface area contributed by atoms with E-state index in [1.54, 1.807) is 4.90 Å². The summed E-state index contributed by atoms with van der Waals surface area (Å²) in [7, 11) is 0. The van der Waals surface area contributed by atoms with Crippen LogP contribution in [-0.2, 0) is 22.6 Å². The van der Waals surface area contributed by atoms with E-state index < -0.39 is 0 Å². The highest BCUT2D eigenvalue weighted by Gasteiger charge is 2.35.